The molecule has 0 aliphatic carbocycles. The van der Waals surface area contributed by atoms with Crippen molar-refractivity contribution in [3.63, 3.8) is 0 Å². The molecule has 3 heteroatoms. The lowest BCUT2D eigenvalue weighted by atomic mass is 10.0. The minimum Gasteiger partial charge on any atom is -0.496 e. The molecule has 1 aromatic carbocycles. The number of hydrogen-bond donors (Lipinski definition) is 1. The smallest absolute Gasteiger partial charge is 0.152 e. The van der Waals surface area contributed by atoms with E-state index in [0.717, 1.165) is 11.1 Å². The lowest BCUT2D eigenvalue weighted by Gasteiger charge is -2.14. The number of anilines is 1. The van der Waals surface area contributed by atoms with Crippen molar-refractivity contribution in [2.45, 2.75) is 20.8 Å². The molecule has 0 saturated carbocycles. The molecule has 0 bridgehead atoms. The summed E-state index contributed by atoms with van der Waals surface area (Å²) in [4.78, 5) is 0. The maximum absolute atomic E-state index is 13.4. The van der Waals surface area contributed by atoms with Gasteiger partial charge in [0.2, 0.25) is 0 Å². The molecule has 13 heavy (non-hydrogen) atoms. The number of halogens is 1. The van der Waals surface area contributed by atoms with E-state index in [0.29, 0.717) is 11.3 Å². The highest BCUT2D eigenvalue weighted by Gasteiger charge is 2.15. The summed E-state index contributed by atoms with van der Waals surface area (Å²) in [5, 5.41) is 0. The largest absolute Gasteiger partial charge is 0.496 e. The first-order valence-electron chi connectivity index (χ1n) is 4.09. The predicted octanol–water partition coefficient (Wildman–Crippen LogP) is 2.34. The van der Waals surface area contributed by atoms with Gasteiger partial charge in [0.05, 0.1) is 12.8 Å². The van der Waals surface area contributed by atoms with Crippen molar-refractivity contribution in [2.75, 3.05) is 12.8 Å². The molecule has 0 amide bonds. The van der Waals surface area contributed by atoms with Crippen LogP contribution in [0.25, 0.3) is 0 Å². The minimum atomic E-state index is -0.375. The van der Waals surface area contributed by atoms with Gasteiger partial charge in [0.1, 0.15) is 5.75 Å². The fourth-order valence-corrected chi connectivity index (χ4v) is 1.43. The standard InChI is InChI=1S/C10H14FNO/c1-5-6(2)10(13-4)7(3)8(11)9(5)12/h12H2,1-4H3. The lowest BCUT2D eigenvalue weighted by molar-refractivity contribution is 0.404. The second kappa shape index (κ2) is 3.24. The molecular weight excluding hydrogens is 169 g/mol. The summed E-state index contributed by atoms with van der Waals surface area (Å²) in [5.41, 5.74) is 7.92. The van der Waals surface area contributed by atoms with E-state index in [1.165, 1.54) is 7.11 Å². The van der Waals surface area contributed by atoms with Crippen LogP contribution < -0.4 is 10.5 Å². The zero-order chi connectivity index (χ0) is 10.2. The summed E-state index contributed by atoms with van der Waals surface area (Å²) in [6.07, 6.45) is 0. The van der Waals surface area contributed by atoms with Gasteiger partial charge < -0.3 is 10.5 Å². The van der Waals surface area contributed by atoms with Crippen LogP contribution in [0.1, 0.15) is 16.7 Å². The van der Waals surface area contributed by atoms with Gasteiger partial charge in [-0.15, -0.1) is 0 Å². The van der Waals surface area contributed by atoms with Gasteiger partial charge in [0.15, 0.2) is 5.82 Å². The second-order valence-corrected chi connectivity index (χ2v) is 3.14. The van der Waals surface area contributed by atoms with E-state index < -0.39 is 0 Å². The average molecular weight is 183 g/mol. The quantitative estimate of drug-likeness (QED) is 0.678. The fraction of sp³-hybridized carbons (Fsp3) is 0.400. The molecule has 1 rings (SSSR count). The Bertz CT molecular complexity index is 318. The van der Waals surface area contributed by atoms with Crippen molar-refractivity contribution < 1.29 is 9.13 Å². The van der Waals surface area contributed by atoms with Crippen molar-refractivity contribution in [1.82, 2.24) is 0 Å². The van der Waals surface area contributed by atoms with Crippen LogP contribution >= 0.6 is 0 Å². The number of nitrogen functional groups attached to an aromatic ring is 1. The summed E-state index contributed by atoms with van der Waals surface area (Å²) in [7, 11) is 1.53. The highest BCUT2D eigenvalue weighted by Crippen LogP contribution is 2.32. The van der Waals surface area contributed by atoms with E-state index in [1.54, 1.807) is 13.8 Å². The molecule has 2 N–H and O–H groups in total. The van der Waals surface area contributed by atoms with Crippen LogP contribution in [0.15, 0.2) is 0 Å². The van der Waals surface area contributed by atoms with E-state index in [4.69, 9.17) is 10.5 Å². The van der Waals surface area contributed by atoms with Crippen LogP contribution in [0.3, 0.4) is 0 Å². The molecule has 2 nitrogen and oxygen atoms in total. The van der Waals surface area contributed by atoms with Crippen LogP contribution in [-0.2, 0) is 0 Å². The number of rotatable bonds is 1. The third kappa shape index (κ3) is 1.34. The van der Waals surface area contributed by atoms with Gasteiger partial charge in [-0.05, 0) is 31.9 Å². The normalized spacial score (nSPS) is 10.2. The van der Waals surface area contributed by atoms with Gasteiger partial charge in [-0.2, -0.15) is 0 Å². The Morgan fingerprint density at radius 1 is 1.08 bits per heavy atom. The summed E-state index contributed by atoms with van der Waals surface area (Å²) < 4.78 is 18.5. The summed E-state index contributed by atoms with van der Waals surface area (Å²) in [6.45, 7) is 5.32. The molecule has 0 saturated heterocycles. The van der Waals surface area contributed by atoms with Crippen LogP contribution in [0.5, 0.6) is 5.75 Å². The van der Waals surface area contributed by atoms with Crippen molar-refractivity contribution in [2.24, 2.45) is 0 Å². The summed E-state index contributed by atoms with van der Waals surface area (Å²) in [6, 6.07) is 0. The van der Waals surface area contributed by atoms with Crippen LogP contribution in [0, 0.1) is 26.6 Å². The lowest BCUT2D eigenvalue weighted by Crippen LogP contribution is -2.03. The van der Waals surface area contributed by atoms with Gasteiger partial charge in [0, 0.05) is 5.56 Å². The Hall–Kier alpha value is -1.25. The predicted molar refractivity (Wildman–Crippen MR) is 51.6 cm³/mol. The zero-order valence-electron chi connectivity index (χ0n) is 8.36. The topological polar surface area (TPSA) is 35.2 Å². The molecule has 0 atom stereocenters. The molecule has 0 radical (unpaired) electrons. The van der Waals surface area contributed by atoms with Gasteiger partial charge in [-0.25, -0.2) is 4.39 Å². The Morgan fingerprint density at radius 3 is 2.08 bits per heavy atom. The zero-order valence-corrected chi connectivity index (χ0v) is 8.36. The molecule has 0 fully saturated rings. The van der Waals surface area contributed by atoms with Crippen LogP contribution in [-0.4, -0.2) is 7.11 Å². The Morgan fingerprint density at radius 2 is 1.62 bits per heavy atom. The van der Waals surface area contributed by atoms with Gasteiger partial charge in [-0.3, -0.25) is 0 Å². The molecule has 0 aliphatic rings. The average Bonchev–Trinajstić information content (AvgIpc) is 2.13. The highest BCUT2D eigenvalue weighted by atomic mass is 19.1. The van der Waals surface area contributed by atoms with E-state index >= 15 is 0 Å². The maximum Gasteiger partial charge on any atom is 0.152 e. The van der Waals surface area contributed by atoms with Crippen LogP contribution in [0.2, 0.25) is 0 Å². The number of hydrogen-bond acceptors (Lipinski definition) is 2. The number of methoxy groups -OCH3 is 1. The summed E-state index contributed by atoms with van der Waals surface area (Å²) >= 11 is 0. The first kappa shape index (κ1) is 9.84. The molecule has 0 unspecified atom stereocenters. The number of benzene rings is 1. The molecular formula is C10H14FNO. The van der Waals surface area contributed by atoms with E-state index in [2.05, 4.69) is 0 Å². The third-order valence-corrected chi connectivity index (χ3v) is 2.42. The van der Waals surface area contributed by atoms with Gasteiger partial charge in [-0.1, -0.05) is 0 Å². The molecule has 72 valence electrons. The molecule has 0 aliphatic heterocycles. The van der Waals surface area contributed by atoms with Gasteiger partial charge in [0.25, 0.3) is 0 Å². The molecule has 1 aromatic rings. The Labute approximate surface area is 77.5 Å². The first-order chi connectivity index (χ1) is 6.00. The molecule has 0 heterocycles. The highest BCUT2D eigenvalue weighted by molar-refractivity contribution is 5.60. The van der Waals surface area contributed by atoms with E-state index in [-0.39, 0.29) is 11.5 Å². The van der Waals surface area contributed by atoms with Crippen molar-refractivity contribution in [1.29, 1.82) is 0 Å². The van der Waals surface area contributed by atoms with Crippen LogP contribution in [0.4, 0.5) is 10.1 Å². The fourth-order valence-electron chi connectivity index (χ4n) is 1.43. The monoisotopic (exact) mass is 183 g/mol. The van der Waals surface area contributed by atoms with E-state index in [9.17, 15) is 4.39 Å². The third-order valence-electron chi connectivity index (χ3n) is 2.42. The molecule has 0 aromatic heterocycles. The van der Waals surface area contributed by atoms with Crippen molar-refractivity contribution in [3.8, 4) is 5.75 Å². The Balaban J connectivity index is 3.56. The van der Waals surface area contributed by atoms with E-state index in [1.807, 2.05) is 6.92 Å². The van der Waals surface area contributed by atoms with Crippen molar-refractivity contribution in [3.05, 3.63) is 22.5 Å². The number of nitrogens with two attached hydrogens (primary N) is 1. The second-order valence-electron chi connectivity index (χ2n) is 3.14. The van der Waals surface area contributed by atoms with Gasteiger partial charge >= 0.3 is 0 Å². The first-order valence-corrected chi connectivity index (χ1v) is 4.09. The maximum atomic E-state index is 13.4. The Kier molecular flexibility index (Phi) is 2.45. The molecule has 0 spiro atoms. The number of ether oxygens (including phenoxy) is 1. The SMILES string of the molecule is COc1c(C)c(C)c(N)c(F)c1C. The summed E-state index contributed by atoms with van der Waals surface area (Å²) in [5.74, 6) is 0.212. The van der Waals surface area contributed by atoms with Crippen molar-refractivity contribution >= 4 is 5.69 Å². The minimum absolute atomic E-state index is 0.218.